The summed E-state index contributed by atoms with van der Waals surface area (Å²) < 4.78 is 27.6. The molecule has 1 saturated carbocycles. The van der Waals surface area contributed by atoms with Crippen LogP contribution in [0, 0.1) is 11.3 Å². The Morgan fingerprint density at radius 1 is 1.43 bits per heavy atom. The van der Waals surface area contributed by atoms with E-state index >= 15 is 0 Å². The Morgan fingerprint density at radius 2 is 2.05 bits per heavy atom. The third-order valence-corrected chi connectivity index (χ3v) is 6.58. The molecule has 1 aliphatic rings. The SMILES string of the molecule is CC(C)C1(CNS(=O)(=O)c2ccc(C(=O)O)cc2Br)CC1. The van der Waals surface area contributed by atoms with E-state index in [-0.39, 0.29) is 20.3 Å². The van der Waals surface area contributed by atoms with Gasteiger partial charge in [-0.1, -0.05) is 13.8 Å². The van der Waals surface area contributed by atoms with Crippen LogP contribution in [0.2, 0.25) is 0 Å². The molecule has 2 rings (SSSR count). The highest BCUT2D eigenvalue weighted by Gasteiger charge is 2.45. The molecule has 5 nitrogen and oxygen atoms in total. The van der Waals surface area contributed by atoms with Crippen LogP contribution in [0.5, 0.6) is 0 Å². The molecule has 0 heterocycles. The molecule has 0 radical (unpaired) electrons. The van der Waals surface area contributed by atoms with E-state index in [2.05, 4.69) is 34.5 Å². The van der Waals surface area contributed by atoms with Crippen molar-refractivity contribution < 1.29 is 18.3 Å². The van der Waals surface area contributed by atoms with Crippen molar-refractivity contribution >= 4 is 31.9 Å². The Labute approximate surface area is 132 Å². The van der Waals surface area contributed by atoms with Crippen LogP contribution in [0.1, 0.15) is 37.0 Å². The summed E-state index contributed by atoms with van der Waals surface area (Å²) in [5.41, 5.74) is 0.113. The molecule has 1 aromatic rings. The van der Waals surface area contributed by atoms with E-state index in [0.29, 0.717) is 12.5 Å². The van der Waals surface area contributed by atoms with Crippen LogP contribution in [0.3, 0.4) is 0 Å². The number of aromatic carboxylic acids is 1. The van der Waals surface area contributed by atoms with Gasteiger partial charge in [-0.3, -0.25) is 0 Å². The number of rotatable bonds is 6. The Hall–Kier alpha value is -0.920. The van der Waals surface area contributed by atoms with Crippen LogP contribution in [-0.4, -0.2) is 26.0 Å². The first-order valence-electron chi connectivity index (χ1n) is 6.70. The topological polar surface area (TPSA) is 83.5 Å². The average molecular weight is 376 g/mol. The molecule has 0 saturated heterocycles. The molecule has 0 atom stereocenters. The predicted octanol–water partition coefficient (Wildman–Crippen LogP) is 2.86. The third kappa shape index (κ3) is 3.46. The van der Waals surface area contributed by atoms with E-state index in [9.17, 15) is 13.2 Å². The fraction of sp³-hybridized carbons (Fsp3) is 0.500. The minimum Gasteiger partial charge on any atom is -0.478 e. The van der Waals surface area contributed by atoms with Gasteiger partial charge in [0.05, 0.1) is 10.5 Å². The predicted molar refractivity (Wildman–Crippen MR) is 82.8 cm³/mol. The first kappa shape index (κ1) is 16.5. The van der Waals surface area contributed by atoms with Crippen LogP contribution < -0.4 is 4.72 Å². The van der Waals surface area contributed by atoms with E-state index in [1.54, 1.807) is 0 Å². The lowest BCUT2D eigenvalue weighted by molar-refractivity contribution is 0.0696. The number of nitrogens with one attached hydrogen (secondary N) is 1. The Bertz CT molecular complexity index is 666. The highest BCUT2D eigenvalue weighted by atomic mass is 79.9. The lowest BCUT2D eigenvalue weighted by Crippen LogP contribution is -2.32. The second-order valence-corrected chi connectivity index (χ2v) is 8.38. The van der Waals surface area contributed by atoms with Crippen molar-refractivity contribution in [2.45, 2.75) is 31.6 Å². The Morgan fingerprint density at radius 3 is 2.48 bits per heavy atom. The standard InChI is InChI=1S/C14H18BrNO4S/c1-9(2)14(5-6-14)8-16-21(19,20)12-4-3-10(13(17)18)7-11(12)15/h3-4,7,9,16H,5-6,8H2,1-2H3,(H,17,18). The molecule has 0 unspecified atom stereocenters. The van der Waals surface area contributed by atoms with E-state index in [4.69, 9.17) is 5.11 Å². The zero-order valence-electron chi connectivity index (χ0n) is 11.9. The van der Waals surface area contributed by atoms with E-state index in [0.717, 1.165) is 12.8 Å². The van der Waals surface area contributed by atoms with Gasteiger partial charge in [-0.15, -0.1) is 0 Å². The Balaban J connectivity index is 2.18. The minimum atomic E-state index is -3.65. The first-order chi connectivity index (χ1) is 9.68. The molecule has 116 valence electrons. The smallest absolute Gasteiger partial charge is 0.335 e. The van der Waals surface area contributed by atoms with Crippen LogP contribution in [0.4, 0.5) is 0 Å². The Kier molecular flexibility index (Phi) is 4.46. The van der Waals surface area contributed by atoms with E-state index in [1.807, 2.05) is 0 Å². The third-order valence-electron chi connectivity index (χ3n) is 4.20. The molecule has 2 N–H and O–H groups in total. The van der Waals surface area contributed by atoms with Gasteiger partial charge in [-0.2, -0.15) is 0 Å². The minimum absolute atomic E-state index is 0.0432. The molecule has 0 amide bonds. The maximum Gasteiger partial charge on any atom is 0.335 e. The van der Waals surface area contributed by atoms with Gasteiger partial charge >= 0.3 is 5.97 Å². The van der Waals surface area contributed by atoms with Crippen LogP contribution in [0.15, 0.2) is 27.6 Å². The number of carboxylic acids is 1. The van der Waals surface area contributed by atoms with Gasteiger partial charge < -0.3 is 5.11 Å². The quantitative estimate of drug-likeness (QED) is 0.800. The van der Waals surface area contributed by atoms with Crippen molar-refractivity contribution in [2.24, 2.45) is 11.3 Å². The number of sulfonamides is 1. The molecule has 1 fully saturated rings. The molecule has 21 heavy (non-hydrogen) atoms. The molecule has 1 aromatic carbocycles. The van der Waals surface area contributed by atoms with Gasteiger partial charge in [-0.05, 0) is 58.3 Å². The maximum atomic E-state index is 12.3. The largest absolute Gasteiger partial charge is 0.478 e. The highest BCUT2D eigenvalue weighted by Crippen LogP contribution is 2.51. The summed E-state index contributed by atoms with van der Waals surface area (Å²) in [5.74, 6) is -0.664. The second-order valence-electron chi connectivity index (χ2n) is 5.79. The molecular formula is C14H18BrNO4S. The summed E-state index contributed by atoms with van der Waals surface area (Å²) in [6.45, 7) is 4.61. The summed E-state index contributed by atoms with van der Waals surface area (Å²) in [4.78, 5) is 10.9. The second kappa shape index (κ2) is 5.70. The van der Waals surface area contributed by atoms with Gasteiger partial charge in [-0.25, -0.2) is 17.9 Å². The number of hydrogen-bond donors (Lipinski definition) is 2. The molecule has 0 aliphatic heterocycles. The van der Waals surface area contributed by atoms with Crippen molar-refractivity contribution in [3.05, 3.63) is 28.2 Å². The van der Waals surface area contributed by atoms with Crippen molar-refractivity contribution in [3.63, 3.8) is 0 Å². The number of carbonyl (C=O) groups is 1. The number of carboxylic acid groups (broad SMARTS) is 1. The van der Waals surface area contributed by atoms with Crippen LogP contribution in [0.25, 0.3) is 0 Å². The van der Waals surface area contributed by atoms with Crippen molar-refractivity contribution in [1.29, 1.82) is 0 Å². The lowest BCUT2D eigenvalue weighted by Gasteiger charge is -2.20. The molecule has 7 heteroatoms. The lowest BCUT2D eigenvalue weighted by atomic mass is 9.93. The molecule has 0 spiro atoms. The monoisotopic (exact) mass is 375 g/mol. The fourth-order valence-electron chi connectivity index (χ4n) is 2.29. The number of halogens is 1. The number of benzene rings is 1. The van der Waals surface area contributed by atoms with Crippen LogP contribution in [-0.2, 0) is 10.0 Å². The van der Waals surface area contributed by atoms with Crippen molar-refractivity contribution in [2.75, 3.05) is 6.54 Å². The summed E-state index contributed by atoms with van der Waals surface area (Å²) in [6, 6.07) is 3.90. The van der Waals surface area contributed by atoms with Crippen molar-refractivity contribution in [3.8, 4) is 0 Å². The summed E-state index contributed by atoms with van der Waals surface area (Å²) in [7, 11) is -3.65. The van der Waals surface area contributed by atoms with Gasteiger partial charge in [0.25, 0.3) is 0 Å². The first-order valence-corrected chi connectivity index (χ1v) is 8.98. The van der Waals surface area contributed by atoms with E-state index < -0.39 is 16.0 Å². The van der Waals surface area contributed by atoms with Gasteiger partial charge in [0.1, 0.15) is 0 Å². The average Bonchev–Trinajstić information content (AvgIpc) is 3.17. The highest BCUT2D eigenvalue weighted by molar-refractivity contribution is 9.10. The van der Waals surface area contributed by atoms with E-state index in [1.165, 1.54) is 18.2 Å². The summed E-state index contributed by atoms with van der Waals surface area (Å²) in [6.07, 6.45) is 2.07. The number of hydrogen-bond acceptors (Lipinski definition) is 3. The van der Waals surface area contributed by atoms with Crippen LogP contribution >= 0.6 is 15.9 Å². The normalized spacial score (nSPS) is 17.0. The summed E-state index contributed by atoms with van der Waals surface area (Å²) >= 11 is 3.13. The van der Waals surface area contributed by atoms with Gasteiger partial charge in [0.2, 0.25) is 10.0 Å². The van der Waals surface area contributed by atoms with Crippen molar-refractivity contribution in [1.82, 2.24) is 4.72 Å². The molecule has 1 aliphatic carbocycles. The summed E-state index contributed by atoms with van der Waals surface area (Å²) in [5, 5.41) is 8.90. The maximum absolute atomic E-state index is 12.3. The molecular weight excluding hydrogens is 358 g/mol. The zero-order valence-corrected chi connectivity index (χ0v) is 14.3. The van der Waals surface area contributed by atoms with Gasteiger partial charge in [0, 0.05) is 11.0 Å². The molecule has 0 bridgehead atoms. The zero-order chi connectivity index (χ0) is 15.8. The van der Waals surface area contributed by atoms with Gasteiger partial charge in [0.15, 0.2) is 0 Å². The fourth-order valence-corrected chi connectivity index (χ4v) is 4.50. The molecule has 0 aromatic heterocycles.